The number of fused-ring (bicyclic) bond motifs is 1. The van der Waals surface area contributed by atoms with Crippen LogP contribution in [-0.4, -0.2) is 55.2 Å². The highest BCUT2D eigenvalue weighted by Crippen LogP contribution is 2.08. The van der Waals surface area contributed by atoms with Gasteiger partial charge < -0.3 is 10.0 Å². The molecule has 0 aromatic carbocycles. The third kappa shape index (κ3) is 3.36. The van der Waals surface area contributed by atoms with Gasteiger partial charge in [-0.1, -0.05) is 13.3 Å². The lowest BCUT2D eigenvalue weighted by Gasteiger charge is -2.19. The topological polar surface area (TPSA) is 83.6 Å². The van der Waals surface area contributed by atoms with Crippen LogP contribution >= 0.6 is 0 Å². The molecule has 21 heavy (non-hydrogen) atoms. The molecule has 7 heteroatoms. The van der Waals surface area contributed by atoms with E-state index in [0.29, 0.717) is 18.9 Å². The van der Waals surface area contributed by atoms with Crippen LogP contribution < -0.4 is 0 Å². The predicted octanol–water partition coefficient (Wildman–Crippen LogP) is 0.976. The molecular formula is C14H21N5O2. The van der Waals surface area contributed by atoms with E-state index in [0.717, 1.165) is 24.2 Å². The number of amides is 1. The Bertz CT molecular complexity index is 638. The number of aliphatic hydroxyl groups excluding tert-OH is 1. The molecule has 1 amide bonds. The highest BCUT2D eigenvalue weighted by Gasteiger charge is 2.20. The van der Waals surface area contributed by atoms with Gasteiger partial charge in [0, 0.05) is 24.5 Å². The molecule has 2 aromatic heterocycles. The summed E-state index contributed by atoms with van der Waals surface area (Å²) in [6.45, 7) is 6.65. The molecule has 0 bridgehead atoms. The van der Waals surface area contributed by atoms with Crippen molar-refractivity contribution in [1.29, 1.82) is 0 Å². The zero-order valence-electron chi connectivity index (χ0n) is 12.7. The van der Waals surface area contributed by atoms with Crippen LogP contribution in [0.25, 0.3) is 5.78 Å². The van der Waals surface area contributed by atoms with Gasteiger partial charge in [-0.05, 0) is 26.3 Å². The van der Waals surface area contributed by atoms with Gasteiger partial charge in [-0.2, -0.15) is 4.98 Å². The molecule has 7 nitrogen and oxygen atoms in total. The lowest BCUT2D eigenvalue weighted by Crippen LogP contribution is -2.35. The molecule has 0 aliphatic rings. The van der Waals surface area contributed by atoms with Gasteiger partial charge in [0.1, 0.15) is 0 Å². The van der Waals surface area contributed by atoms with Gasteiger partial charge in [-0.3, -0.25) is 4.79 Å². The Balaban J connectivity index is 2.31. The van der Waals surface area contributed by atoms with Gasteiger partial charge in [0.25, 0.3) is 11.7 Å². The Kier molecular flexibility index (Phi) is 4.85. The molecule has 0 unspecified atom stereocenters. The van der Waals surface area contributed by atoms with Crippen molar-refractivity contribution in [3.8, 4) is 0 Å². The maximum atomic E-state index is 12.5. The number of carbonyl (C=O) groups is 1. The van der Waals surface area contributed by atoms with Crippen LogP contribution in [0, 0.1) is 13.8 Å². The first-order valence-electron chi connectivity index (χ1n) is 7.18. The molecule has 2 rings (SSSR count). The summed E-state index contributed by atoms with van der Waals surface area (Å²) >= 11 is 0. The normalized spacial score (nSPS) is 11.0. The van der Waals surface area contributed by atoms with E-state index in [1.54, 1.807) is 9.42 Å². The molecule has 0 aliphatic heterocycles. The highest BCUT2D eigenvalue weighted by atomic mass is 16.3. The number of rotatable bonds is 6. The fourth-order valence-electron chi connectivity index (χ4n) is 2.18. The first-order chi connectivity index (χ1) is 10.1. The zero-order chi connectivity index (χ0) is 15.4. The highest BCUT2D eigenvalue weighted by molar-refractivity contribution is 5.90. The largest absolute Gasteiger partial charge is 0.395 e. The maximum absolute atomic E-state index is 12.5. The third-order valence-electron chi connectivity index (χ3n) is 3.25. The van der Waals surface area contributed by atoms with E-state index >= 15 is 0 Å². The maximum Gasteiger partial charge on any atom is 0.293 e. The molecular weight excluding hydrogens is 270 g/mol. The second-order valence-corrected chi connectivity index (χ2v) is 5.06. The molecule has 0 spiro atoms. The van der Waals surface area contributed by atoms with E-state index in [4.69, 9.17) is 5.11 Å². The number of hydrogen-bond donors (Lipinski definition) is 1. The number of carbonyl (C=O) groups excluding carboxylic acids is 1. The van der Waals surface area contributed by atoms with Gasteiger partial charge in [-0.25, -0.2) is 9.50 Å². The second kappa shape index (κ2) is 6.62. The summed E-state index contributed by atoms with van der Waals surface area (Å²) < 4.78 is 1.57. The second-order valence-electron chi connectivity index (χ2n) is 5.06. The van der Waals surface area contributed by atoms with E-state index in [1.165, 1.54) is 0 Å². The van der Waals surface area contributed by atoms with Crippen molar-refractivity contribution in [3.63, 3.8) is 0 Å². The molecule has 1 N–H and O–H groups in total. The van der Waals surface area contributed by atoms with Crippen LogP contribution in [0.5, 0.6) is 0 Å². The van der Waals surface area contributed by atoms with Gasteiger partial charge in [0.15, 0.2) is 0 Å². The molecule has 0 saturated carbocycles. The molecule has 2 aromatic rings. The summed E-state index contributed by atoms with van der Waals surface area (Å²) in [5.41, 5.74) is 1.72. The molecule has 114 valence electrons. The van der Waals surface area contributed by atoms with Crippen molar-refractivity contribution in [2.24, 2.45) is 0 Å². The van der Waals surface area contributed by atoms with Crippen LogP contribution in [0.1, 0.15) is 41.8 Å². The van der Waals surface area contributed by atoms with Crippen LogP contribution in [0.3, 0.4) is 0 Å². The number of hydrogen-bond acceptors (Lipinski definition) is 5. The molecule has 0 atom stereocenters. The lowest BCUT2D eigenvalue weighted by molar-refractivity contribution is 0.0707. The minimum absolute atomic E-state index is 0.0702. The minimum Gasteiger partial charge on any atom is -0.395 e. The van der Waals surface area contributed by atoms with Gasteiger partial charge in [0.2, 0.25) is 5.82 Å². The number of nitrogens with zero attached hydrogens (tertiary/aromatic N) is 5. The Morgan fingerprint density at radius 2 is 2.10 bits per heavy atom. The Morgan fingerprint density at radius 3 is 2.76 bits per heavy atom. The average molecular weight is 291 g/mol. The summed E-state index contributed by atoms with van der Waals surface area (Å²) in [7, 11) is 0. The Labute approximate surface area is 123 Å². The van der Waals surface area contributed by atoms with Crippen molar-refractivity contribution < 1.29 is 9.90 Å². The monoisotopic (exact) mass is 291 g/mol. The zero-order valence-corrected chi connectivity index (χ0v) is 12.7. The minimum atomic E-state index is -0.264. The third-order valence-corrected chi connectivity index (χ3v) is 3.25. The summed E-state index contributed by atoms with van der Waals surface area (Å²) in [5, 5.41) is 13.3. The summed E-state index contributed by atoms with van der Waals surface area (Å²) in [6.07, 6.45) is 1.86. The molecule has 0 saturated heterocycles. The summed E-state index contributed by atoms with van der Waals surface area (Å²) in [4.78, 5) is 22.5. The van der Waals surface area contributed by atoms with E-state index in [2.05, 4.69) is 22.0 Å². The summed E-state index contributed by atoms with van der Waals surface area (Å²) in [5.74, 6) is 0.288. The van der Waals surface area contributed by atoms with Gasteiger partial charge in [-0.15, -0.1) is 5.10 Å². The van der Waals surface area contributed by atoms with Gasteiger partial charge >= 0.3 is 0 Å². The number of unbranched alkanes of at least 4 members (excludes halogenated alkanes) is 1. The van der Waals surface area contributed by atoms with E-state index in [1.807, 2.05) is 19.9 Å². The van der Waals surface area contributed by atoms with Crippen molar-refractivity contribution in [3.05, 3.63) is 23.3 Å². The van der Waals surface area contributed by atoms with E-state index in [9.17, 15) is 4.79 Å². The number of aliphatic hydroxyl groups is 1. The fourth-order valence-corrected chi connectivity index (χ4v) is 2.18. The molecule has 0 aliphatic carbocycles. The van der Waals surface area contributed by atoms with Crippen LogP contribution in [-0.2, 0) is 0 Å². The first kappa shape index (κ1) is 15.4. The smallest absolute Gasteiger partial charge is 0.293 e. The lowest BCUT2D eigenvalue weighted by atomic mass is 10.3. The number of aryl methyl sites for hydroxylation is 2. The van der Waals surface area contributed by atoms with Crippen molar-refractivity contribution in [2.45, 2.75) is 33.6 Å². The van der Waals surface area contributed by atoms with Crippen LogP contribution in [0.15, 0.2) is 6.07 Å². The molecule has 0 radical (unpaired) electrons. The predicted molar refractivity (Wildman–Crippen MR) is 78.2 cm³/mol. The Hall–Kier alpha value is -2.02. The Morgan fingerprint density at radius 1 is 1.33 bits per heavy atom. The van der Waals surface area contributed by atoms with Gasteiger partial charge in [0.05, 0.1) is 6.61 Å². The van der Waals surface area contributed by atoms with Crippen LogP contribution in [0.2, 0.25) is 0 Å². The van der Waals surface area contributed by atoms with E-state index in [-0.39, 0.29) is 18.3 Å². The fraction of sp³-hybridized carbons (Fsp3) is 0.571. The van der Waals surface area contributed by atoms with Crippen molar-refractivity contribution >= 4 is 11.7 Å². The molecule has 2 heterocycles. The quantitative estimate of drug-likeness (QED) is 0.857. The van der Waals surface area contributed by atoms with E-state index < -0.39 is 0 Å². The number of aromatic nitrogens is 4. The van der Waals surface area contributed by atoms with Crippen molar-refractivity contribution in [2.75, 3.05) is 19.7 Å². The molecule has 0 fully saturated rings. The average Bonchev–Trinajstić information content (AvgIpc) is 2.86. The van der Waals surface area contributed by atoms with Crippen LogP contribution in [0.4, 0.5) is 0 Å². The standard InChI is InChI=1S/C14H21N5O2/c1-4-5-6-18(7-8-20)13(21)12-16-14-15-10(2)9-11(3)19(14)17-12/h9,20H,4-8H2,1-3H3. The first-order valence-corrected chi connectivity index (χ1v) is 7.18. The summed E-state index contributed by atoms with van der Waals surface area (Å²) in [6, 6.07) is 1.89. The SMILES string of the molecule is CCCCN(CCO)C(=O)c1nc2nc(C)cc(C)n2n1. The van der Waals surface area contributed by atoms with Crippen molar-refractivity contribution in [1.82, 2.24) is 24.5 Å².